The van der Waals surface area contributed by atoms with Crippen molar-refractivity contribution in [3.63, 3.8) is 0 Å². The van der Waals surface area contributed by atoms with E-state index in [1.165, 1.54) is 0 Å². The standard InChI is InChI=1S/C23H21N3O4/c1-4-29-23(28)19-17(13-9-11-14(12-10-13)26(2)3)18-20(30-21(19)24)15-7-5-6-8-16(15)25-22(18)27/h5-12,24H,4H2,1-3H3,(H,25,27). The number of rotatable bonds is 4. The normalized spacial score (nSPS) is 11.0. The minimum absolute atomic E-state index is 0.0669. The lowest BCUT2D eigenvalue weighted by Crippen LogP contribution is -2.21. The topological polar surface area (TPSA) is 99.4 Å². The van der Waals surface area contributed by atoms with Gasteiger partial charge < -0.3 is 19.0 Å². The van der Waals surface area contributed by atoms with Crippen molar-refractivity contribution in [3.8, 4) is 11.1 Å². The molecule has 2 N–H and O–H groups in total. The second-order valence-electron chi connectivity index (χ2n) is 7.05. The number of aromatic nitrogens is 1. The molecule has 0 unspecified atom stereocenters. The van der Waals surface area contributed by atoms with Gasteiger partial charge in [0.2, 0.25) is 5.55 Å². The second-order valence-corrected chi connectivity index (χ2v) is 7.05. The van der Waals surface area contributed by atoms with E-state index in [0.717, 1.165) is 5.69 Å². The third kappa shape index (κ3) is 3.14. The zero-order chi connectivity index (χ0) is 21.4. The van der Waals surface area contributed by atoms with Gasteiger partial charge in [0.1, 0.15) is 5.56 Å². The number of ether oxygens (including phenoxy) is 1. The number of nitrogens with zero attached hydrogens (tertiary/aromatic N) is 1. The highest BCUT2D eigenvalue weighted by molar-refractivity contribution is 6.11. The highest BCUT2D eigenvalue weighted by atomic mass is 16.5. The van der Waals surface area contributed by atoms with Crippen molar-refractivity contribution in [2.75, 3.05) is 25.6 Å². The molecule has 0 aliphatic heterocycles. The third-order valence-electron chi connectivity index (χ3n) is 4.96. The van der Waals surface area contributed by atoms with Crippen molar-refractivity contribution in [3.05, 3.63) is 70.0 Å². The number of esters is 1. The molecule has 2 aromatic heterocycles. The van der Waals surface area contributed by atoms with Gasteiger partial charge in [0.05, 0.1) is 17.5 Å². The molecule has 4 rings (SSSR count). The van der Waals surface area contributed by atoms with Gasteiger partial charge in [0.25, 0.3) is 5.56 Å². The zero-order valence-electron chi connectivity index (χ0n) is 16.9. The van der Waals surface area contributed by atoms with Gasteiger partial charge in [-0.15, -0.1) is 0 Å². The molecule has 0 bridgehead atoms. The molecule has 0 atom stereocenters. The van der Waals surface area contributed by atoms with Crippen LogP contribution in [0.25, 0.3) is 33.0 Å². The van der Waals surface area contributed by atoms with Crippen molar-refractivity contribution in [2.45, 2.75) is 6.92 Å². The van der Waals surface area contributed by atoms with E-state index >= 15 is 0 Å². The molecule has 0 fully saturated rings. The number of nitrogens with one attached hydrogen (secondary N) is 2. The van der Waals surface area contributed by atoms with Crippen LogP contribution in [0.15, 0.2) is 57.7 Å². The van der Waals surface area contributed by atoms with Crippen LogP contribution in [0.4, 0.5) is 5.69 Å². The fourth-order valence-corrected chi connectivity index (χ4v) is 3.55. The fourth-order valence-electron chi connectivity index (χ4n) is 3.55. The van der Waals surface area contributed by atoms with Crippen molar-refractivity contribution in [1.82, 2.24) is 4.98 Å². The van der Waals surface area contributed by atoms with Crippen LogP contribution in [0, 0.1) is 5.41 Å². The number of H-pyrrole nitrogens is 1. The van der Waals surface area contributed by atoms with Crippen LogP contribution in [0.2, 0.25) is 0 Å². The maximum atomic E-state index is 13.1. The monoisotopic (exact) mass is 403 g/mol. The number of carbonyl (C=O) groups is 1. The predicted octanol–water partition coefficient (Wildman–Crippen LogP) is 3.66. The van der Waals surface area contributed by atoms with E-state index < -0.39 is 11.5 Å². The number of anilines is 1. The van der Waals surface area contributed by atoms with Crippen molar-refractivity contribution >= 4 is 33.5 Å². The number of carbonyl (C=O) groups excluding carboxylic acids is 1. The molecule has 0 saturated heterocycles. The first-order valence-corrected chi connectivity index (χ1v) is 9.53. The van der Waals surface area contributed by atoms with E-state index in [9.17, 15) is 9.59 Å². The molecule has 152 valence electrons. The summed E-state index contributed by atoms with van der Waals surface area (Å²) in [7, 11) is 3.85. The Balaban J connectivity index is 2.17. The number of para-hydroxylation sites is 1. The van der Waals surface area contributed by atoms with Gasteiger partial charge in [-0.25, -0.2) is 4.79 Å². The molecule has 30 heavy (non-hydrogen) atoms. The number of fused-ring (bicyclic) bond motifs is 3. The number of hydrogen-bond acceptors (Lipinski definition) is 6. The van der Waals surface area contributed by atoms with E-state index in [2.05, 4.69) is 4.98 Å². The molecule has 0 aliphatic rings. The molecule has 0 aliphatic carbocycles. The molecule has 0 saturated carbocycles. The van der Waals surface area contributed by atoms with Gasteiger partial charge in [0.15, 0.2) is 5.58 Å². The van der Waals surface area contributed by atoms with Crippen molar-refractivity contribution in [2.24, 2.45) is 0 Å². The lowest BCUT2D eigenvalue weighted by molar-refractivity contribution is 0.0522. The summed E-state index contributed by atoms with van der Waals surface area (Å²) in [5, 5.41) is 9.29. The molecular formula is C23H21N3O4. The Morgan fingerprint density at radius 2 is 1.83 bits per heavy atom. The Hall–Kier alpha value is -3.87. The molecular weight excluding hydrogens is 382 g/mol. The SMILES string of the molecule is CCOC(=O)c1c(-c2ccc(N(C)C)cc2)c2c(=O)[nH]c3ccccc3c2oc1=N. The first-order valence-electron chi connectivity index (χ1n) is 9.53. The first-order chi connectivity index (χ1) is 14.4. The van der Waals surface area contributed by atoms with Gasteiger partial charge in [0, 0.05) is 30.7 Å². The summed E-state index contributed by atoms with van der Waals surface area (Å²) >= 11 is 0. The summed E-state index contributed by atoms with van der Waals surface area (Å²) in [6, 6.07) is 14.6. The van der Waals surface area contributed by atoms with Crippen LogP contribution in [-0.2, 0) is 4.74 Å². The van der Waals surface area contributed by atoms with Crippen molar-refractivity contribution in [1.29, 1.82) is 5.41 Å². The maximum absolute atomic E-state index is 13.1. The second kappa shape index (κ2) is 7.51. The quantitative estimate of drug-likeness (QED) is 0.400. The molecule has 0 radical (unpaired) electrons. The molecule has 0 amide bonds. The predicted molar refractivity (Wildman–Crippen MR) is 116 cm³/mol. The first kappa shape index (κ1) is 19.4. The van der Waals surface area contributed by atoms with E-state index in [4.69, 9.17) is 14.6 Å². The van der Waals surface area contributed by atoms with Crippen LogP contribution in [-0.4, -0.2) is 31.7 Å². The van der Waals surface area contributed by atoms with E-state index in [-0.39, 0.29) is 28.7 Å². The minimum Gasteiger partial charge on any atom is -0.462 e. The van der Waals surface area contributed by atoms with Crippen LogP contribution < -0.4 is 16.0 Å². The molecule has 7 nitrogen and oxygen atoms in total. The summed E-state index contributed by atoms with van der Waals surface area (Å²) in [4.78, 5) is 30.6. The average molecular weight is 403 g/mol. The number of hydrogen-bond donors (Lipinski definition) is 2. The minimum atomic E-state index is -0.701. The smallest absolute Gasteiger partial charge is 0.344 e. The van der Waals surface area contributed by atoms with Gasteiger partial charge >= 0.3 is 5.97 Å². The summed E-state index contributed by atoms with van der Waals surface area (Å²) < 4.78 is 10.9. The summed E-state index contributed by atoms with van der Waals surface area (Å²) in [5.41, 5.74) is 1.97. The number of pyridine rings is 1. The largest absolute Gasteiger partial charge is 0.462 e. The maximum Gasteiger partial charge on any atom is 0.344 e. The number of benzene rings is 2. The summed E-state index contributed by atoms with van der Waals surface area (Å²) in [6.07, 6.45) is 0. The molecule has 7 heteroatoms. The summed E-state index contributed by atoms with van der Waals surface area (Å²) in [5.74, 6) is -0.701. The zero-order valence-corrected chi connectivity index (χ0v) is 16.9. The Morgan fingerprint density at radius 1 is 1.13 bits per heavy atom. The highest BCUT2D eigenvalue weighted by Crippen LogP contribution is 2.32. The lowest BCUT2D eigenvalue weighted by atomic mass is 9.96. The Kier molecular flexibility index (Phi) is 4.87. The van der Waals surface area contributed by atoms with E-state index in [0.29, 0.717) is 22.0 Å². The van der Waals surface area contributed by atoms with E-state index in [1.54, 1.807) is 25.1 Å². The van der Waals surface area contributed by atoms with Crippen LogP contribution in [0.3, 0.4) is 0 Å². The van der Waals surface area contributed by atoms with Crippen LogP contribution >= 0.6 is 0 Å². The molecule has 0 spiro atoms. The fraction of sp³-hybridized carbons (Fsp3) is 0.174. The van der Waals surface area contributed by atoms with Gasteiger partial charge in [-0.05, 0) is 36.8 Å². The Morgan fingerprint density at radius 3 is 2.50 bits per heavy atom. The van der Waals surface area contributed by atoms with Crippen molar-refractivity contribution < 1.29 is 13.9 Å². The molecule has 2 aromatic carbocycles. The summed E-state index contributed by atoms with van der Waals surface area (Å²) in [6.45, 7) is 1.83. The Labute approximate surface area is 172 Å². The van der Waals surface area contributed by atoms with Gasteiger partial charge in [-0.1, -0.05) is 24.3 Å². The van der Waals surface area contributed by atoms with Crippen LogP contribution in [0.1, 0.15) is 17.3 Å². The molecule has 2 heterocycles. The average Bonchev–Trinajstić information content (AvgIpc) is 2.73. The molecule has 4 aromatic rings. The van der Waals surface area contributed by atoms with Gasteiger partial charge in [-0.2, -0.15) is 0 Å². The number of aromatic amines is 1. The van der Waals surface area contributed by atoms with E-state index in [1.807, 2.05) is 49.3 Å². The highest BCUT2D eigenvalue weighted by Gasteiger charge is 2.24. The van der Waals surface area contributed by atoms with Gasteiger partial charge in [-0.3, -0.25) is 10.2 Å². The Bertz CT molecular complexity index is 1380. The lowest BCUT2D eigenvalue weighted by Gasteiger charge is -2.15. The van der Waals surface area contributed by atoms with Crippen LogP contribution in [0.5, 0.6) is 0 Å². The third-order valence-corrected chi connectivity index (χ3v) is 4.96.